The number of ether oxygens (including phenoxy) is 2. The molecule has 144 valence electrons. The number of benzene rings is 1. The Balaban J connectivity index is 2.35. The van der Waals surface area contributed by atoms with Crippen LogP contribution in [0.1, 0.15) is 36.5 Å². The van der Waals surface area contributed by atoms with E-state index >= 15 is 0 Å². The molecular formula is C20H19ClN4O3. The van der Waals surface area contributed by atoms with Crippen LogP contribution in [0.25, 0.3) is 0 Å². The highest BCUT2D eigenvalue weighted by Gasteiger charge is 2.36. The van der Waals surface area contributed by atoms with E-state index in [4.69, 9.17) is 26.8 Å². The maximum absolute atomic E-state index is 12.4. The molecule has 1 atom stereocenters. The molecule has 0 unspecified atom stereocenters. The molecule has 28 heavy (non-hydrogen) atoms. The van der Waals surface area contributed by atoms with E-state index in [0.29, 0.717) is 51.9 Å². The smallest absolute Gasteiger partial charge is 0.247 e. The van der Waals surface area contributed by atoms with Crippen molar-refractivity contribution in [1.29, 1.82) is 5.26 Å². The molecule has 1 aromatic carbocycles. The molecule has 0 radical (unpaired) electrons. The first kappa shape index (κ1) is 19.5. The number of methoxy groups -OCH3 is 1. The number of nitrogens with one attached hydrogen (secondary N) is 1. The number of carbonyl (C=O) groups excluding carboxylic acids is 1. The lowest BCUT2D eigenvalue weighted by Gasteiger charge is -2.31. The van der Waals surface area contributed by atoms with Crippen LogP contribution in [0.5, 0.6) is 11.6 Å². The van der Waals surface area contributed by atoms with Gasteiger partial charge in [-0.25, -0.2) is 4.98 Å². The van der Waals surface area contributed by atoms with Crippen molar-refractivity contribution in [3.8, 4) is 17.7 Å². The number of hydrogen-bond donors (Lipinski definition) is 2. The van der Waals surface area contributed by atoms with Crippen LogP contribution in [0.4, 0.5) is 5.69 Å². The molecule has 1 aromatic heterocycles. The lowest BCUT2D eigenvalue weighted by molar-refractivity contribution is -0.114. The molecule has 8 heteroatoms. The number of anilines is 1. The van der Waals surface area contributed by atoms with Gasteiger partial charge in [0, 0.05) is 16.8 Å². The number of primary amides is 1. The largest absolute Gasteiger partial charge is 0.496 e. The molecule has 1 aliphatic heterocycles. The van der Waals surface area contributed by atoms with Crippen LogP contribution in [-0.4, -0.2) is 24.6 Å². The molecule has 2 heterocycles. The first-order chi connectivity index (χ1) is 13.4. The lowest BCUT2D eigenvalue weighted by Crippen LogP contribution is -2.28. The fourth-order valence-electron chi connectivity index (χ4n) is 3.42. The molecule has 0 fully saturated rings. The van der Waals surface area contributed by atoms with Gasteiger partial charge < -0.3 is 20.5 Å². The third kappa shape index (κ3) is 3.35. The summed E-state index contributed by atoms with van der Waals surface area (Å²) in [6, 6.07) is 8.78. The fraction of sp³-hybridized carbons (Fsp3) is 0.250. The highest BCUT2D eigenvalue weighted by Crippen LogP contribution is 2.48. The number of pyridine rings is 1. The van der Waals surface area contributed by atoms with E-state index < -0.39 is 11.8 Å². The third-order valence-corrected chi connectivity index (χ3v) is 4.71. The number of nitriles is 1. The van der Waals surface area contributed by atoms with E-state index in [9.17, 15) is 10.1 Å². The van der Waals surface area contributed by atoms with Crippen LogP contribution < -0.4 is 20.5 Å². The van der Waals surface area contributed by atoms with Gasteiger partial charge in [0.2, 0.25) is 11.8 Å². The number of hydrogen-bond acceptors (Lipinski definition) is 6. The minimum absolute atomic E-state index is 0.260. The quantitative estimate of drug-likeness (QED) is 0.747. The number of carbonyl (C=O) groups is 1. The number of aromatic nitrogens is 1. The number of rotatable bonds is 5. The zero-order valence-corrected chi connectivity index (χ0v) is 16.4. The third-order valence-electron chi connectivity index (χ3n) is 4.52. The first-order valence-electron chi connectivity index (χ1n) is 8.60. The average Bonchev–Trinajstić information content (AvgIpc) is 2.66. The second kappa shape index (κ2) is 7.79. The van der Waals surface area contributed by atoms with Gasteiger partial charge in [0.25, 0.3) is 0 Å². The van der Waals surface area contributed by atoms with Crippen LogP contribution in [0.3, 0.4) is 0 Å². The summed E-state index contributed by atoms with van der Waals surface area (Å²) in [5, 5.41) is 12.6. The molecule has 0 saturated heterocycles. The number of halogens is 1. The van der Waals surface area contributed by atoms with Crippen LogP contribution in [0, 0.1) is 11.3 Å². The van der Waals surface area contributed by atoms with Gasteiger partial charge in [-0.05, 0) is 32.0 Å². The second-order valence-corrected chi connectivity index (χ2v) is 6.56. The summed E-state index contributed by atoms with van der Waals surface area (Å²) in [5.74, 6) is -0.409. The Bertz CT molecular complexity index is 1030. The van der Waals surface area contributed by atoms with Gasteiger partial charge in [-0.1, -0.05) is 17.7 Å². The molecule has 3 N–H and O–H groups in total. The summed E-state index contributed by atoms with van der Waals surface area (Å²) in [4.78, 5) is 16.7. The monoisotopic (exact) mass is 398 g/mol. The summed E-state index contributed by atoms with van der Waals surface area (Å²) in [6.07, 6.45) is 0. The SMILES string of the molecule is CCOc1nc(Cl)cc2c1[C@@H](c1ccc(C#N)cc1OC)C(C(N)=O)=C(C)N2. The number of amides is 1. The molecule has 0 spiro atoms. The number of allylic oxidation sites excluding steroid dienone is 1. The van der Waals surface area contributed by atoms with Crippen LogP contribution in [-0.2, 0) is 4.79 Å². The Labute approximate surface area is 167 Å². The Morgan fingerprint density at radius 1 is 1.43 bits per heavy atom. The van der Waals surface area contributed by atoms with Gasteiger partial charge in [0.15, 0.2) is 0 Å². The van der Waals surface area contributed by atoms with Crippen molar-refractivity contribution in [3.63, 3.8) is 0 Å². The van der Waals surface area contributed by atoms with Gasteiger partial charge in [0.1, 0.15) is 10.9 Å². The fourth-order valence-corrected chi connectivity index (χ4v) is 3.60. The van der Waals surface area contributed by atoms with Crippen LogP contribution >= 0.6 is 11.6 Å². The van der Waals surface area contributed by atoms with E-state index in [2.05, 4.69) is 16.4 Å². The zero-order chi connectivity index (χ0) is 20.4. The zero-order valence-electron chi connectivity index (χ0n) is 15.7. The number of fused-ring (bicyclic) bond motifs is 1. The van der Waals surface area contributed by atoms with E-state index in [0.717, 1.165) is 0 Å². The maximum atomic E-state index is 12.4. The summed E-state index contributed by atoms with van der Waals surface area (Å²) in [6.45, 7) is 3.96. The second-order valence-electron chi connectivity index (χ2n) is 6.17. The van der Waals surface area contributed by atoms with Crippen molar-refractivity contribution in [2.24, 2.45) is 5.73 Å². The summed E-state index contributed by atoms with van der Waals surface area (Å²) < 4.78 is 11.2. The molecule has 7 nitrogen and oxygen atoms in total. The molecule has 1 aliphatic rings. The van der Waals surface area contributed by atoms with Gasteiger partial charge in [0.05, 0.1) is 42.5 Å². The standard InChI is InChI=1S/C20H19ClN4O3/c1-4-28-20-18-13(8-15(21)25-20)24-10(2)16(19(23)26)17(18)12-6-5-11(9-22)7-14(12)27-3/h5-8,17,24H,4H2,1-3H3,(H2,23,26)/t17-/m0/s1. The van der Waals surface area contributed by atoms with E-state index in [1.165, 1.54) is 7.11 Å². The van der Waals surface area contributed by atoms with Gasteiger partial charge in [-0.3, -0.25) is 4.79 Å². The van der Waals surface area contributed by atoms with Crippen molar-refractivity contribution in [2.75, 3.05) is 19.0 Å². The molecule has 0 aliphatic carbocycles. The molecule has 3 rings (SSSR count). The summed E-state index contributed by atoms with van der Waals surface area (Å²) in [7, 11) is 1.51. The molecule has 1 amide bonds. The molecule has 0 saturated carbocycles. The Morgan fingerprint density at radius 2 is 2.18 bits per heavy atom. The van der Waals surface area contributed by atoms with Gasteiger partial charge in [-0.15, -0.1) is 0 Å². The average molecular weight is 399 g/mol. The maximum Gasteiger partial charge on any atom is 0.247 e. The highest BCUT2D eigenvalue weighted by molar-refractivity contribution is 6.29. The Hall–Kier alpha value is -3.24. The van der Waals surface area contributed by atoms with Crippen LogP contribution in [0.15, 0.2) is 35.5 Å². The highest BCUT2D eigenvalue weighted by atomic mass is 35.5. The summed E-state index contributed by atoms with van der Waals surface area (Å²) in [5.41, 5.74) is 9.10. The minimum atomic E-state index is -0.595. The van der Waals surface area contributed by atoms with E-state index in [1.807, 2.05) is 6.92 Å². The first-order valence-corrected chi connectivity index (χ1v) is 8.97. The van der Waals surface area contributed by atoms with Crippen molar-refractivity contribution in [3.05, 3.63) is 57.4 Å². The topological polar surface area (TPSA) is 110 Å². The lowest BCUT2D eigenvalue weighted by atomic mass is 9.80. The predicted octanol–water partition coefficient (Wildman–Crippen LogP) is 3.33. The summed E-state index contributed by atoms with van der Waals surface area (Å²) >= 11 is 6.16. The van der Waals surface area contributed by atoms with E-state index in [1.54, 1.807) is 31.2 Å². The van der Waals surface area contributed by atoms with Crippen molar-refractivity contribution in [2.45, 2.75) is 19.8 Å². The molecule has 0 bridgehead atoms. The Morgan fingerprint density at radius 3 is 2.79 bits per heavy atom. The minimum Gasteiger partial charge on any atom is -0.496 e. The van der Waals surface area contributed by atoms with Crippen molar-refractivity contribution >= 4 is 23.2 Å². The van der Waals surface area contributed by atoms with Gasteiger partial charge >= 0.3 is 0 Å². The van der Waals surface area contributed by atoms with Crippen molar-refractivity contribution < 1.29 is 14.3 Å². The number of nitrogens with two attached hydrogens (primary N) is 1. The molecular weight excluding hydrogens is 380 g/mol. The normalized spacial score (nSPS) is 15.3. The predicted molar refractivity (Wildman–Crippen MR) is 105 cm³/mol. The Kier molecular flexibility index (Phi) is 5.43. The van der Waals surface area contributed by atoms with Crippen LogP contribution in [0.2, 0.25) is 5.15 Å². The number of nitrogens with zero attached hydrogens (tertiary/aromatic N) is 2. The van der Waals surface area contributed by atoms with E-state index in [-0.39, 0.29) is 5.15 Å². The molecule has 2 aromatic rings. The van der Waals surface area contributed by atoms with Crippen molar-refractivity contribution in [1.82, 2.24) is 4.98 Å². The van der Waals surface area contributed by atoms with Gasteiger partial charge in [-0.2, -0.15) is 5.26 Å².